The van der Waals surface area contributed by atoms with E-state index in [4.69, 9.17) is 5.73 Å². The fourth-order valence-corrected chi connectivity index (χ4v) is 3.06. The van der Waals surface area contributed by atoms with Gasteiger partial charge in [-0.1, -0.05) is 31.2 Å². The lowest BCUT2D eigenvalue weighted by atomic mass is 10.1. The number of aryl methyl sites for hydroxylation is 1. The van der Waals surface area contributed by atoms with Crippen LogP contribution in [0.25, 0.3) is 10.2 Å². The zero-order valence-corrected chi connectivity index (χ0v) is 12.2. The summed E-state index contributed by atoms with van der Waals surface area (Å²) in [5.74, 6) is 0. The van der Waals surface area contributed by atoms with Crippen molar-refractivity contribution < 1.29 is 0 Å². The fourth-order valence-electron chi connectivity index (χ4n) is 2.37. The van der Waals surface area contributed by atoms with Gasteiger partial charge in [-0.2, -0.15) is 0 Å². The molecule has 0 saturated carbocycles. The largest absolute Gasteiger partial charge is 0.395 e. The molecule has 0 saturated heterocycles. The van der Waals surface area contributed by atoms with E-state index in [0.717, 1.165) is 34.6 Å². The maximum atomic E-state index is 6.18. The summed E-state index contributed by atoms with van der Waals surface area (Å²) >= 11 is 1.61. The van der Waals surface area contributed by atoms with Crippen LogP contribution in [0.15, 0.2) is 41.9 Å². The van der Waals surface area contributed by atoms with E-state index < -0.39 is 0 Å². The summed E-state index contributed by atoms with van der Waals surface area (Å²) < 4.78 is 1.13. The molecule has 0 spiro atoms. The Morgan fingerprint density at radius 3 is 2.75 bits per heavy atom. The standard InChI is InChI=1S/C16H17N3S/c1-2-11-5-3-4-6-12(11)9-18-13-7-8-14-16(15(13)17)19-10-20-14/h3-8,10,18H,2,9,17H2,1H3. The first-order valence-electron chi connectivity index (χ1n) is 6.72. The van der Waals surface area contributed by atoms with E-state index in [2.05, 4.69) is 47.6 Å². The van der Waals surface area contributed by atoms with E-state index in [1.54, 1.807) is 11.3 Å². The predicted molar refractivity (Wildman–Crippen MR) is 87.2 cm³/mol. The number of nitrogens with one attached hydrogen (secondary N) is 1. The molecule has 2 aromatic carbocycles. The first kappa shape index (κ1) is 12.9. The van der Waals surface area contributed by atoms with Crippen LogP contribution in [0.3, 0.4) is 0 Å². The molecule has 1 heterocycles. The number of aromatic nitrogens is 1. The average Bonchev–Trinajstić information content (AvgIpc) is 2.96. The lowest BCUT2D eigenvalue weighted by Crippen LogP contribution is -2.04. The first-order valence-corrected chi connectivity index (χ1v) is 7.60. The summed E-state index contributed by atoms with van der Waals surface area (Å²) in [7, 11) is 0. The van der Waals surface area contributed by atoms with Crippen LogP contribution < -0.4 is 11.1 Å². The molecule has 0 bridgehead atoms. The second-order valence-corrected chi connectivity index (χ2v) is 5.59. The number of benzene rings is 2. The predicted octanol–water partition coefficient (Wildman–Crippen LogP) is 4.05. The Labute approximate surface area is 122 Å². The van der Waals surface area contributed by atoms with Gasteiger partial charge in [-0.25, -0.2) is 4.98 Å². The van der Waals surface area contributed by atoms with Crippen molar-refractivity contribution in [3.05, 3.63) is 53.0 Å². The maximum absolute atomic E-state index is 6.18. The van der Waals surface area contributed by atoms with Crippen LogP contribution in [0.2, 0.25) is 0 Å². The SMILES string of the molecule is CCc1ccccc1CNc1ccc2scnc2c1N. The molecule has 0 aliphatic rings. The van der Waals surface area contributed by atoms with E-state index in [1.165, 1.54) is 11.1 Å². The van der Waals surface area contributed by atoms with Gasteiger partial charge in [0.1, 0.15) is 5.52 Å². The molecule has 0 radical (unpaired) electrons. The minimum Gasteiger partial charge on any atom is -0.395 e. The molecule has 1 aromatic heterocycles. The average molecular weight is 283 g/mol. The number of anilines is 2. The van der Waals surface area contributed by atoms with Crippen LogP contribution in [0.1, 0.15) is 18.1 Å². The number of fused-ring (bicyclic) bond motifs is 1. The summed E-state index contributed by atoms with van der Waals surface area (Å²) in [6.45, 7) is 2.96. The van der Waals surface area contributed by atoms with Gasteiger partial charge in [0.25, 0.3) is 0 Å². The highest BCUT2D eigenvalue weighted by Crippen LogP contribution is 2.30. The van der Waals surface area contributed by atoms with Gasteiger partial charge >= 0.3 is 0 Å². The highest BCUT2D eigenvalue weighted by molar-refractivity contribution is 7.16. The van der Waals surface area contributed by atoms with Crippen LogP contribution in [-0.4, -0.2) is 4.98 Å². The minimum atomic E-state index is 0.734. The van der Waals surface area contributed by atoms with E-state index in [1.807, 2.05) is 11.6 Å². The van der Waals surface area contributed by atoms with Crippen LogP contribution in [-0.2, 0) is 13.0 Å². The summed E-state index contributed by atoms with van der Waals surface area (Å²) in [6, 6.07) is 12.6. The van der Waals surface area contributed by atoms with Crippen molar-refractivity contribution in [2.75, 3.05) is 11.1 Å². The lowest BCUT2D eigenvalue weighted by Gasteiger charge is -2.12. The van der Waals surface area contributed by atoms with Gasteiger partial charge in [0.05, 0.1) is 21.6 Å². The van der Waals surface area contributed by atoms with Crippen LogP contribution in [0, 0.1) is 0 Å². The molecule has 4 heteroatoms. The lowest BCUT2D eigenvalue weighted by molar-refractivity contribution is 1.04. The molecular weight excluding hydrogens is 266 g/mol. The van der Waals surface area contributed by atoms with Crippen LogP contribution >= 0.6 is 11.3 Å². The number of hydrogen-bond donors (Lipinski definition) is 2. The van der Waals surface area contributed by atoms with Gasteiger partial charge in [-0.3, -0.25) is 0 Å². The quantitative estimate of drug-likeness (QED) is 0.710. The fraction of sp³-hybridized carbons (Fsp3) is 0.188. The summed E-state index contributed by atoms with van der Waals surface area (Å²) in [4.78, 5) is 4.32. The Bertz CT molecular complexity index is 733. The topological polar surface area (TPSA) is 50.9 Å². The van der Waals surface area contributed by atoms with E-state index >= 15 is 0 Å². The van der Waals surface area contributed by atoms with E-state index in [-0.39, 0.29) is 0 Å². The van der Waals surface area contributed by atoms with Gasteiger partial charge in [0, 0.05) is 6.54 Å². The third-order valence-electron chi connectivity index (χ3n) is 3.51. The van der Waals surface area contributed by atoms with E-state index in [0.29, 0.717) is 0 Å². The molecule has 0 fully saturated rings. The second kappa shape index (κ2) is 5.51. The molecule has 0 aliphatic heterocycles. The molecule has 3 rings (SSSR count). The second-order valence-electron chi connectivity index (χ2n) is 4.70. The first-order chi connectivity index (χ1) is 9.79. The number of nitrogens with zero attached hydrogens (tertiary/aromatic N) is 1. The molecule has 0 unspecified atom stereocenters. The highest BCUT2D eigenvalue weighted by Gasteiger charge is 2.07. The van der Waals surface area contributed by atoms with Crippen molar-refractivity contribution >= 4 is 32.9 Å². The van der Waals surface area contributed by atoms with Crippen molar-refractivity contribution in [1.82, 2.24) is 4.98 Å². The number of rotatable bonds is 4. The van der Waals surface area contributed by atoms with Gasteiger partial charge in [0.15, 0.2) is 0 Å². The Morgan fingerprint density at radius 1 is 1.15 bits per heavy atom. The summed E-state index contributed by atoms with van der Waals surface area (Å²) in [5, 5.41) is 3.43. The van der Waals surface area contributed by atoms with Gasteiger partial charge in [-0.15, -0.1) is 11.3 Å². The molecular formula is C16H17N3S. The third kappa shape index (κ3) is 2.34. The maximum Gasteiger partial charge on any atom is 0.106 e. The van der Waals surface area contributed by atoms with Crippen molar-refractivity contribution in [3.63, 3.8) is 0 Å². The van der Waals surface area contributed by atoms with Crippen molar-refractivity contribution in [1.29, 1.82) is 0 Å². The number of nitrogen functional groups attached to an aromatic ring is 1. The van der Waals surface area contributed by atoms with Gasteiger partial charge < -0.3 is 11.1 Å². The number of thiazole rings is 1. The molecule has 0 aliphatic carbocycles. The zero-order chi connectivity index (χ0) is 13.9. The number of hydrogen-bond acceptors (Lipinski definition) is 4. The highest BCUT2D eigenvalue weighted by atomic mass is 32.1. The molecule has 102 valence electrons. The molecule has 20 heavy (non-hydrogen) atoms. The minimum absolute atomic E-state index is 0.734. The van der Waals surface area contributed by atoms with Crippen molar-refractivity contribution in [2.24, 2.45) is 0 Å². The summed E-state index contributed by atoms with van der Waals surface area (Å²) in [5.41, 5.74) is 13.3. The van der Waals surface area contributed by atoms with Crippen molar-refractivity contribution in [3.8, 4) is 0 Å². The number of nitrogens with two attached hydrogens (primary N) is 1. The Morgan fingerprint density at radius 2 is 1.95 bits per heavy atom. The van der Waals surface area contributed by atoms with Gasteiger partial charge in [0.2, 0.25) is 0 Å². The molecule has 3 N–H and O–H groups in total. The Balaban J connectivity index is 1.85. The molecule has 3 nitrogen and oxygen atoms in total. The Kier molecular flexibility index (Phi) is 3.56. The molecule has 3 aromatic rings. The van der Waals surface area contributed by atoms with Crippen LogP contribution in [0.5, 0.6) is 0 Å². The Hall–Kier alpha value is -2.07. The van der Waals surface area contributed by atoms with Crippen LogP contribution in [0.4, 0.5) is 11.4 Å². The third-order valence-corrected chi connectivity index (χ3v) is 4.30. The molecule has 0 amide bonds. The van der Waals surface area contributed by atoms with Gasteiger partial charge in [-0.05, 0) is 29.7 Å². The van der Waals surface area contributed by atoms with Crippen molar-refractivity contribution in [2.45, 2.75) is 19.9 Å². The zero-order valence-electron chi connectivity index (χ0n) is 11.4. The summed E-state index contributed by atoms with van der Waals surface area (Å²) in [6.07, 6.45) is 1.04. The molecule has 0 atom stereocenters. The normalized spacial score (nSPS) is 10.8. The monoisotopic (exact) mass is 283 g/mol. The van der Waals surface area contributed by atoms with E-state index in [9.17, 15) is 0 Å². The smallest absolute Gasteiger partial charge is 0.106 e.